The van der Waals surface area contributed by atoms with E-state index in [0.29, 0.717) is 22.4 Å². The fourth-order valence-corrected chi connectivity index (χ4v) is 6.66. The summed E-state index contributed by atoms with van der Waals surface area (Å²) in [7, 11) is 0. The molecule has 2 aromatic carbocycles. The number of carbonyl (C=O) groups excluding carboxylic acids is 4. The van der Waals surface area contributed by atoms with Crippen molar-refractivity contribution in [2.24, 2.45) is 35.5 Å². The molecule has 1 heterocycles. The first-order chi connectivity index (χ1) is 16.8. The third-order valence-corrected chi connectivity index (χ3v) is 8.62. The topological polar surface area (TPSA) is 74.8 Å². The summed E-state index contributed by atoms with van der Waals surface area (Å²) in [6.45, 7) is 1.53. The molecule has 35 heavy (non-hydrogen) atoms. The molecular weight excluding hydrogens is 487 g/mol. The average Bonchev–Trinajstić information content (AvgIpc) is 3.64. The van der Waals surface area contributed by atoms with Gasteiger partial charge in [0, 0.05) is 10.6 Å². The Kier molecular flexibility index (Phi) is 5.17. The molecule has 0 spiro atoms. The zero-order chi connectivity index (χ0) is 24.6. The molecule has 3 fully saturated rings. The first kappa shape index (κ1) is 22.5. The monoisotopic (exact) mass is 508 g/mol. The predicted octanol–water partition coefficient (Wildman–Crippen LogP) is 4.68. The smallest absolute Gasteiger partial charge is 0.275 e. The molecule has 1 saturated heterocycles. The Morgan fingerprint density at radius 3 is 2.06 bits per heavy atom. The molecule has 0 N–H and O–H groups in total. The van der Waals surface area contributed by atoms with Gasteiger partial charge < -0.3 is 0 Å². The van der Waals surface area contributed by atoms with Gasteiger partial charge in [-0.25, -0.2) is 5.01 Å². The Morgan fingerprint density at radius 2 is 1.49 bits per heavy atom. The van der Waals surface area contributed by atoms with Crippen LogP contribution in [0.3, 0.4) is 0 Å². The number of hydrogen-bond donors (Lipinski definition) is 0. The van der Waals surface area contributed by atoms with Gasteiger partial charge >= 0.3 is 0 Å². The summed E-state index contributed by atoms with van der Waals surface area (Å²) in [5.74, 6) is -2.08. The normalized spacial score (nSPS) is 30.7. The fraction of sp³-hybridized carbons (Fsp3) is 0.333. The van der Waals surface area contributed by atoms with Crippen LogP contribution in [0.15, 0.2) is 60.7 Å². The highest BCUT2D eigenvalue weighted by molar-refractivity contribution is 6.34. The van der Waals surface area contributed by atoms with Crippen LogP contribution in [0, 0.1) is 35.5 Å². The minimum absolute atomic E-state index is 0.00371. The van der Waals surface area contributed by atoms with E-state index in [4.69, 9.17) is 23.2 Å². The van der Waals surface area contributed by atoms with E-state index in [0.717, 1.165) is 16.4 Å². The number of nitrogens with zero attached hydrogens (tertiary/aromatic N) is 2. The van der Waals surface area contributed by atoms with Crippen LogP contribution in [-0.2, 0) is 9.59 Å². The van der Waals surface area contributed by atoms with Crippen LogP contribution in [0.25, 0.3) is 0 Å². The fourth-order valence-electron chi connectivity index (χ4n) is 6.32. The number of allylic oxidation sites excluding steroid dienone is 2. The van der Waals surface area contributed by atoms with Gasteiger partial charge in [0.1, 0.15) is 6.04 Å². The van der Waals surface area contributed by atoms with Crippen LogP contribution in [0.2, 0.25) is 10.0 Å². The summed E-state index contributed by atoms with van der Waals surface area (Å²) in [6.07, 6.45) is 5.16. The number of hydrazine groups is 1. The summed E-state index contributed by atoms with van der Waals surface area (Å²) >= 11 is 12.3. The van der Waals surface area contributed by atoms with Crippen molar-refractivity contribution in [3.05, 3.63) is 81.9 Å². The van der Waals surface area contributed by atoms with E-state index in [9.17, 15) is 19.2 Å². The number of hydrogen-bond acceptors (Lipinski definition) is 4. The Hall–Kier alpha value is -2.96. The van der Waals surface area contributed by atoms with Crippen LogP contribution in [0.1, 0.15) is 34.1 Å². The number of amides is 3. The molecule has 4 aliphatic carbocycles. The quantitative estimate of drug-likeness (QED) is 0.334. The standard InChI is InChI=1S/C27H22Cl2N2O4/c1-13(24(32)14-6-8-15(28)9-7-14)30(25(33)18-4-2-3-5-21(18)29)31-26(34)22-16-10-11-17(20-12-19(16)20)23(22)27(31)35/h2-11,13,16-17,19-20,22-23H,12H2,1H3/t13-,16+,17+,19-,20+,22-,23-/m1/s1. The Balaban J connectivity index is 1.41. The molecular formula is C27H22Cl2N2O4. The Morgan fingerprint density at radius 1 is 0.914 bits per heavy atom. The van der Waals surface area contributed by atoms with Crippen LogP contribution in [0.5, 0.6) is 0 Å². The van der Waals surface area contributed by atoms with Gasteiger partial charge in [-0.1, -0.05) is 47.5 Å². The highest BCUT2D eigenvalue weighted by Crippen LogP contribution is 2.65. The van der Waals surface area contributed by atoms with E-state index in [1.54, 1.807) is 42.5 Å². The van der Waals surface area contributed by atoms with Gasteiger partial charge in [-0.2, -0.15) is 5.01 Å². The second-order valence-electron chi connectivity index (χ2n) is 9.82. The number of benzene rings is 2. The van der Waals surface area contributed by atoms with Crippen molar-refractivity contribution >= 4 is 46.7 Å². The van der Waals surface area contributed by atoms with Gasteiger partial charge in [0.25, 0.3) is 17.7 Å². The van der Waals surface area contributed by atoms with Crippen molar-refractivity contribution in [1.29, 1.82) is 0 Å². The maximum Gasteiger partial charge on any atom is 0.275 e. The third kappa shape index (κ3) is 3.30. The lowest BCUT2D eigenvalue weighted by atomic mass is 9.63. The molecule has 2 aromatic rings. The Bertz CT molecular complexity index is 1270. The lowest BCUT2D eigenvalue weighted by Gasteiger charge is -2.37. The van der Waals surface area contributed by atoms with Gasteiger partial charge in [0.05, 0.1) is 22.4 Å². The highest BCUT2D eigenvalue weighted by atomic mass is 35.5. The Labute approximate surface area is 212 Å². The molecule has 1 aliphatic heterocycles. The molecule has 0 radical (unpaired) electrons. The van der Waals surface area contributed by atoms with Crippen LogP contribution < -0.4 is 0 Å². The molecule has 178 valence electrons. The van der Waals surface area contributed by atoms with E-state index >= 15 is 0 Å². The SMILES string of the molecule is C[C@H](C(=O)c1ccc(Cl)cc1)N(C(=O)c1ccccc1Cl)N1C(=O)[C@@H]2[C@H]3C=C[C@@H]([C@@H]4C[C@H]34)[C@H]2C1=O. The summed E-state index contributed by atoms with van der Waals surface area (Å²) in [5.41, 5.74) is 0.433. The molecule has 3 amide bonds. The number of ketones is 1. The van der Waals surface area contributed by atoms with E-state index in [-0.39, 0.29) is 22.4 Å². The second-order valence-corrected chi connectivity index (χ2v) is 10.7. The summed E-state index contributed by atoms with van der Waals surface area (Å²) < 4.78 is 0. The molecule has 0 aromatic heterocycles. The van der Waals surface area contributed by atoms with Crippen molar-refractivity contribution < 1.29 is 19.2 Å². The zero-order valence-corrected chi connectivity index (χ0v) is 20.3. The number of imide groups is 1. The molecule has 6 nitrogen and oxygen atoms in total. The van der Waals surface area contributed by atoms with Crippen molar-refractivity contribution in [2.75, 3.05) is 0 Å². The molecule has 5 aliphatic rings. The number of halogens is 2. The summed E-state index contributed by atoms with van der Waals surface area (Å²) in [5, 5.41) is 2.60. The molecule has 8 heteroatoms. The molecule has 0 unspecified atom stereocenters. The summed E-state index contributed by atoms with van der Waals surface area (Å²) in [4.78, 5) is 54.9. The third-order valence-electron chi connectivity index (χ3n) is 8.04. The minimum Gasteiger partial charge on any atom is -0.292 e. The minimum atomic E-state index is -1.13. The van der Waals surface area contributed by atoms with Gasteiger partial charge in [-0.3, -0.25) is 19.2 Å². The maximum absolute atomic E-state index is 13.8. The molecule has 2 bridgehead atoms. The van der Waals surface area contributed by atoms with Crippen molar-refractivity contribution in [3.8, 4) is 0 Å². The van der Waals surface area contributed by atoms with E-state index in [1.165, 1.54) is 13.0 Å². The van der Waals surface area contributed by atoms with E-state index in [1.807, 2.05) is 0 Å². The largest absolute Gasteiger partial charge is 0.292 e. The maximum atomic E-state index is 13.8. The van der Waals surface area contributed by atoms with Gasteiger partial charge in [-0.15, -0.1) is 0 Å². The molecule has 7 atom stereocenters. The second kappa shape index (κ2) is 8.04. The first-order valence-electron chi connectivity index (χ1n) is 11.7. The lowest BCUT2D eigenvalue weighted by molar-refractivity contribution is -0.156. The van der Waals surface area contributed by atoms with Crippen molar-refractivity contribution in [3.63, 3.8) is 0 Å². The zero-order valence-electron chi connectivity index (χ0n) is 18.8. The van der Waals surface area contributed by atoms with Crippen molar-refractivity contribution in [1.82, 2.24) is 10.0 Å². The van der Waals surface area contributed by atoms with Gasteiger partial charge in [0.15, 0.2) is 5.78 Å². The van der Waals surface area contributed by atoms with Gasteiger partial charge in [0.2, 0.25) is 0 Å². The van der Waals surface area contributed by atoms with Crippen LogP contribution in [-0.4, -0.2) is 39.6 Å². The summed E-state index contributed by atoms with van der Waals surface area (Å²) in [6, 6.07) is 11.6. The average molecular weight is 509 g/mol. The predicted molar refractivity (Wildman–Crippen MR) is 129 cm³/mol. The number of rotatable bonds is 5. The van der Waals surface area contributed by atoms with Gasteiger partial charge in [-0.05, 0) is 73.4 Å². The molecule has 7 rings (SSSR count). The lowest BCUT2D eigenvalue weighted by Crippen LogP contribution is -2.56. The number of Topliss-reactive ketones (excluding diaryl/α,β-unsaturated/α-hetero) is 1. The van der Waals surface area contributed by atoms with Crippen molar-refractivity contribution in [2.45, 2.75) is 19.4 Å². The van der Waals surface area contributed by atoms with Crippen LogP contribution >= 0.6 is 23.2 Å². The first-order valence-corrected chi connectivity index (χ1v) is 12.5. The van der Waals surface area contributed by atoms with Crippen LogP contribution in [0.4, 0.5) is 0 Å². The molecule has 2 saturated carbocycles. The van der Waals surface area contributed by atoms with E-state index in [2.05, 4.69) is 12.2 Å². The van der Waals surface area contributed by atoms with E-state index < -0.39 is 41.4 Å². The number of carbonyl (C=O) groups is 4. The highest BCUT2D eigenvalue weighted by Gasteiger charge is 2.68.